The Morgan fingerprint density at radius 2 is 1.75 bits per heavy atom. The van der Waals surface area contributed by atoms with Crippen LogP contribution in [0.2, 0.25) is 0 Å². The summed E-state index contributed by atoms with van der Waals surface area (Å²) >= 11 is 0. The van der Waals surface area contributed by atoms with Crippen molar-refractivity contribution in [2.45, 2.75) is 6.54 Å². The molecule has 0 unspecified atom stereocenters. The fraction of sp³-hybridized carbons (Fsp3) is 0.182. The van der Waals surface area contributed by atoms with Crippen molar-refractivity contribution >= 4 is 22.9 Å². The molecule has 6 heteroatoms. The molecule has 1 aromatic heterocycles. The van der Waals surface area contributed by atoms with Gasteiger partial charge in [0, 0.05) is 35.4 Å². The number of ether oxygens (including phenoxy) is 3. The Hall–Kier alpha value is -3.54. The molecule has 28 heavy (non-hydrogen) atoms. The summed E-state index contributed by atoms with van der Waals surface area (Å²) in [5, 5.41) is 3.88. The number of carbonyl (C=O) groups is 1. The first-order valence-electron chi connectivity index (χ1n) is 8.74. The van der Waals surface area contributed by atoms with Gasteiger partial charge in [0.1, 0.15) is 17.2 Å². The minimum absolute atomic E-state index is 0.229. The second-order valence-electron chi connectivity index (χ2n) is 5.98. The summed E-state index contributed by atoms with van der Waals surface area (Å²) in [5.74, 6) is 1.55. The standard InChI is InChI=1S/C22H22N2O4/c1-26-17-12-19(27-2)18(20(13-17)28-3)14-24-21(25)10-9-16-7-4-6-15-8-5-11-23-22(15)16/h4-13H,14H2,1-3H3,(H,24,25)/b10-9+. The number of hydrogen-bond acceptors (Lipinski definition) is 5. The van der Waals surface area contributed by atoms with Gasteiger partial charge in [0.05, 0.1) is 39.0 Å². The van der Waals surface area contributed by atoms with Crippen molar-refractivity contribution in [2.75, 3.05) is 21.3 Å². The largest absolute Gasteiger partial charge is 0.496 e. The summed E-state index contributed by atoms with van der Waals surface area (Å²) in [6.45, 7) is 0.257. The van der Waals surface area contributed by atoms with Crippen molar-refractivity contribution in [1.29, 1.82) is 0 Å². The zero-order chi connectivity index (χ0) is 19.9. The number of amides is 1. The number of carbonyl (C=O) groups excluding carboxylic acids is 1. The van der Waals surface area contributed by atoms with Gasteiger partial charge in [-0.1, -0.05) is 24.3 Å². The first-order valence-corrected chi connectivity index (χ1v) is 8.74. The van der Waals surface area contributed by atoms with Crippen molar-refractivity contribution in [2.24, 2.45) is 0 Å². The summed E-state index contributed by atoms with van der Waals surface area (Å²) in [5.41, 5.74) is 2.47. The average Bonchev–Trinajstić information content (AvgIpc) is 2.75. The fourth-order valence-electron chi connectivity index (χ4n) is 2.91. The van der Waals surface area contributed by atoms with E-state index in [4.69, 9.17) is 14.2 Å². The van der Waals surface area contributed by atoms with Crippen LogP contribution >= 0.6 is 0 Å². The van der Waals surface area contributed by atoms with Gasteiger partial charge in [-0.2, -0.15) is 0 Å². The molecule has 144 valence electrons. The van der Waals surface area contributed by atoms with Crippen LogP contribution in [-0.4, -0.2) is 32.2 Å². The van der Waals surface area contributed by atoms with Gasteiger partial charge in [-0.25, -0.2) is 0 Å². The van der Waals surface area contributed by atoms with E-state index in [1.54, 1.807) is 45.7 Å². The molecule has 1 N–H and O–H groups in total. The Bertz CT molecular complexity index is 984. The molecule has 0 saturated heterocycles. The van der Waals surface area contributed by atoms with Crippen LogP contribution in [0.4, 0.5) is 0 Å². The minimum atomic E-state index is -0.229. The van der Waals surface area contributed by atoms with Crippen molar-refractivity contribution in [1.82, 2.24) is 10.3 Å². The maximum absolute atomic E-state index is 12.3. The third-order valence-corrected chi connectivity index (χ3v) is 4.33. The molecule has 0 fully saturated rings. The van der Waals surface area contributed by atoms with E-state index in [1.807, 2.05) is 30.3 Å². The van der Waals surface area contributed by atoms with E-state index in [-0.39, 0.29) is 12.5 Å². The van der Waals surface area contributed by atoms with Gasteiger partial charge in [0.15, 0.2) is 0 Å². The number of nitrogens with one attached hydrogen (secondary N) is 1. The van der Waals surface area contributed by atoms with Crippen LogP contribution in [0.1, 0.15) is 11.1 Å². The monoisotopic (exact) mass is 378 g/mol. The number of benzene rings is 2. The number of aromatic nitrogens is 1. The molecule has 3 aromatic rings. The number of rotatable bonds is 7. The lowest BCUT2D eigenvalue weighted by molar-refractivity contribution is -0.116. The maximum atomic E-state index is 12.3. The molecule has 0 atom stereocenters. The lowest BCUT2D eigenvalue weighted by Crippen LogP contribution is -2.21. The summed E-state index contributed by atoms with van der Waals surface area (Å²) in [6.07, 6.45) is 4.99. The van der Waals surface area contributed by atoms with Gasteiger partial charge in [-0.3, -0.25) is 9.78 Å². The van der Waals surface area contributed by atoms with Gasteiger partial charge < -0.3 is 19.5 Å². The number of methoxy groups -OCH3 is 3. The fourth-order valence-corrected chi connectivity index (χ4v) is 2.91. The van der Waals surface area contributed by atoms with E-state index >= 15 is 0 Å². The first-order chi connectivity index (χ1) is 13.7. The van der Waals surface area contributed by atoms with Gasteiger partial charge in [0.2, 0.25) is 5.91 Å². The van der Waals surface area contributed by atoms with Crippen molar-refractivity contribution in [3.05, 3.63) is 65.9 Å². The van der Waals surface area contributed by atoms with Crippen LogP contribution in [0.25, 0.3) is 17.0 Å². The summed E-state index contributed by atoms with van der Waals surface area (Å²) < 4.78 is 16.0. The maximum Gasteiger partial charge on any atom is 0.244 e. The predicted octanol–water partition coefficient (Wildman–Crippen LogP) is 3.59. The quantitative estimate of drug-likeness (QED) is 0.636. The molecule has 0 radical (unpaired) electrons. The Morgan fingerprint density at radius 1 is 1.04 bits per heavy atom. The molecule has 2 aromatic carbocycles. The highest BCUT2D eigenvalue weighted by Crippen LogP contribution is 2.33. The summed E-state index contributed by atoms with van der Waals surface area (Å²) in [6, 6.07) is 13.2. The number of nitrogens with zero attached hydrogens (tertiary/aromatic N) is 1. The van der Waals surface area contributed by atoms with Crippen molar-refractivity contribution < 1.29 is 19.0 Å². The van der Waals surface area contributed by atoms with Crippen LogP contribution < -0.4 is 19.5 Å². The Morgan fingerprint density at radius 3 is 2.43 bits per heavy atom. The van der Waals surface area contributed by atoms with Gasteiger partial charge >= 0.3 is 0 Å². The SMILES string of the molecule is COc1cc(OC)c(CNC(=O)/C=C/c2cccc3cccnc23)c(OC)c1. The van der Waals surface area contributed by atoms with Gasteiger partial charge in [0.25, 0.3) is 0 Å². The summed E-state index contributed by atoms with van der Waals surface area (Å²) in [7, 11) is 4.70. The van der Waals surface area contributed by atoms with E-state index in [0.29, 0.717) is 17.2 Å². The average molecular weight is 378 g/mol. The third kappa shape index (κ3) is 4.23. The topological polar surface area (TPSA) is 69.7 Å². The highest BCUT2D eigenvalue weighted by Gasteiger charge is 2.13. The lowest BCUT2D eigenvalue weighted by Gasteiger charge is -2.15. The molecule has 0 aliphatic heterocycles. The van der Waals surface area contributed by atoms with Crippen LogP contribution in [-0.2, 0) is 11.3 Å². The van der Waals surface area contributed by atoms with E-state index in [0.717, 1.165) is 22.0 Å². The second-order valence-corrected chi connectivity index (χ2v) is 5.98. The molecular weight excluding hydrogens is 356 g/mol. The van der Waals surface area contributed by atoms with Crippen molar-refractivity contribution in [3.63, 3.8) is 0 Å². The van der Waals surface area contributed by atoms with Gasteiger partial charge in [-0.05, 0) is 12.1 Å². The smallest absolute Gasteiger partial charge is 0.244 e. The van der Waals surface area contributed by atoms with E-state index in [9.17, 15) is 4.79 Å². The Labute approximate surface area is 163 Å². The molecule has 0 aliphatic carbocycles. The van der Waals surface area contributed by atoms with E-state index in [1.165, 1.54) is 6.08 Å². The van der Waals surface area contributed by atoms with Gasteiger partial charge in [-0.15, -0.1) is 0 Å². The number of fused-ring (bicyclic) bond motifs is 1. The lowest BCUT2D eigenvalue weighted by atomic mass is 10.1. The molecular formula is C22H22N2O4. The third-order valence-electron chi connectivity index (χ3n) is 4.33. The summed E-state index contributed by atoms with van der Waals surface area (Å²) in [4.78, 5) is 16.7. The number of para-hydroxylation sites is 1. The highest BCUT2D eigenvalue weighted by atomic mass is 16.5. The Kier molecular flexibility index (Phi) is 6.11. The van der Waals surface area contributed by atoms with Crippen molar-refractivity contribution in [3.8, 4) is 17.2 Å². The first kappa shape index (κ1) is 19.2. The normalized spacial score (nSPS) is 10.8. The highest BCUT2D eigenvalue weighted by molar-refractivity contribution is 5.95. The van der Waals surface area contributed by atoms with Crippen LogP contribution in [0.5, 0.6) is 17.2 Å². The second kappa shape index (κ2) is 8.90. The number of hydrogen-bond donors (Lipinski definition) is 1. The van der Waals surface area contributed by atoms with E-state index < -0.39 is 0 Å². The molecule has 0 saturated carbocycles. The minimum Gasteiger partial charge on any atom is -0.496 e. The molecule has 1 amide bonds. The molecule has 0 aliphatic rings. The molecule has 0 spiro atoms. The van der Waals surface area contributed by atoms with Crippen LogP contribution in [0.15, 0.2) is 54.7 Å². The van der Waals surface area contributed by atoms with Crippen LogP contribution in [0.3, 0.4) is 0 Å². The zero-order valence-electron chi connectivity index (χ0n) is 16.1. The zero-order valence-corrected chi connectivity index (χ0v) is 16.1. The molecule has 6 nitrogen and oxygen atoms in total. The molecule has 3 rings (SSSR count). The predicted molar refractivity (Wildman–Crippen MR) is 109 cm³/mol. The molecule has 1 heterocycles. The number of pyridine rings is 1. The van der Waals surface area contributed by atoms with E-state index in [2.05, 4.69) is 10.3 Å². The van der Waals surface area contributed by atoms with Crippen LogP contribution in [0, 0.1) is 0 Å². The molecule has 0 bridgehead atoms. The Balaban J connectivity index is 1.75.